The molecule has 3 N–H and O–H groups in total. The molecule has 1 aromatic rings. The molecule has 21 heavy (non-hydrogen) atoms. The molecule has 116 valence electrons. The van der Waals surface area contributed by atoms with Crippen LogP contribution in [0, 0.1) is 12.8 Å². The Morgan fingerprint density at radius 2 is 2.10 bits per heavy atom. The van der Waals surface area contributed by atoms with Crippen LogP contribution in [0.15, 0.2) is 6.20 Å². The molecule has 1 fully saturated rings. The summed E-state index contributed by atoms with van der Waals surface area (Å²) >= 11 is 0. The predicted molar refractivity (Wildman–Crippen MR) is 79.6 cm³/mol. The van der Waals surface area contributed by atoms with E-state index in [2.05, 4.69) is 10.4 Å². The van der Waals surface area contributed by atoms with Crippen LogP contribution in [0.3, 0.4) is 0 Å². The standard InChI is InChI=1S/C15H24N4O2/c1-10-12(9-17-19(10)2)15(21)18-13(8-14(16)20)11-6-4-3-5-7-11/h9,11,13H,3-8H2,1-2H3,(H2,16,20)(H,18,21). The number of hydrogen-bond acceptors (Lipinski definition) is 3. The van der Waals surface area contributed by atoms with E-state index in [1.54, 1.807) is 17.9 Å². The quantitative estimate of drug-likeness (QED) is 0.856. The van der Waals surface area contributed by atoms with Gasteiger partial charge >= 0.3 is 0 Å². The van der Waals surface area contributed by atoms with Crippen molar-refractivity contribution in [2.24, 2.45) is 18.7 Å². The lowest BCUT2D eigenvalue weighted by Crippen LogP contribution is -2.43. The van der Waals surface area contributed by atoms with Crippen molar-refractivity contribution in [3.05, 3.63) is 17.5 Å². The van der Waals surface area contributed by atoms with Gasteiger partial charge in [0, 0.05) is 25.2 Å². The van der Waals surface area contributed by atoms with Crippen LogP contribution in [0.5, 0.6) is 0 Å². The molecule has 1 aliphatic carbocycles. The fraction of sp³-hybridized carbons (Fsp3) is 0.667. The summed E-state index contributed by atoms with van der Waals surface area (Å²) < 4.78 is 1.67. The lowest BCUT2D eigenvalue weighted by Gasteiger charge is -2.30. The van der Waals surface area contributed by atoms with Crippen molar-refractivity contribution in [3.8, 4) is 0 Å². The minimum atomic E-state index is -0.367. The van der Waals surface area contributed by atoms with Crippen molar-refractivity contribution in [2.45, 2.75) is 51.5 Å². The molecule has 0 bridgehead atoms. The fourth-order valence-electron chi connectivity index (χ4n) is 3.06. The van der Waals surface area contributed by atoms with Gasteiger partial charge in [-0.3, -0.25) is 14.3 Å². The van der Waals surface area contributed by atoms with Crippen molar-refractivity contribution in [1.82, 2.24) is 15.1 Å². The van der Waals surface area contributed by atoms with Gasteiger partial charge in [0.1, 0.15) is 0 Å². The molecular formula is C15H24N4O2. The average Bonchev–Trinajstić information content (AvgIpc) is 2.79. The highest BCUT2D eigenvalue weighted by atomic mass is 16.2. The molecule has 6 nitrogen and oxygen atoms in total. The first-order chi connectivity index (χ1) is 9.99. The predicted octanol–water partition coefficient (Wildman–Crippen LogP) is 1.28. The largest absolute Gasteiger partial charge is 0.370 e. The SMILES string of the molecule is Cc1c(C(=O)NC(CC(N)=O)C2CCCCC2)cnn1C. The zero-order valence-electron chi connectivity index (χ0n) is 12.8. The zero-order chi connectivity index (χ0) is 15.4. The van der Waals surface area contributed by atoms with Crippen LogP contribution >= 0.6 is 0 Å². The molecule has 0 aromatic carbocycles. The summed E-state index contributed by atoms with van der Waals surface area (Å²) in [6.45, 7) is 1.85. The van der Waals surface area contributed by atoms with E-state index in [9.17, 15) is 9.59 Å². The van der Waals surface area contributed by atoms with Crippen LogP contribution in [0.4, 0.5) is 0 Å². The maximum Gasteiger partial charge on any atom is 0.254 e. The first kappa shape index (κ1) is 15.5. The molecule has 1 atom stereocenters. The van der Waals surface area contributed by atoms with E-state index in [0.29, 0.717) is 11.5 Å². The highest BCUT2D eigenvalue weighted by Gasteiger charge is 2.27. The number of nitrogens with two attached hydrogens (primary N) is 1. The van der Waals surface area contributed by atoms with E-state index in [1.165, 1.54) is 6.42 Å². The van der Waals surface area contributed by atoms with E-state index in [-0.39, 0.29) is 24.3 Å². The molecule has 1 unspecified atom stereocenters. The normalized spacial score (nSPS) is 17.4. The van der Waals surface area contributed by atoms with Gasteiger partial charge in [0.15, 0.2) is 0 Å². The van der Waals surface area contributed by atoms with E-state index < -0.39 is 0 Å². The maximum atomic E-state index is 12.4. The second-order valence-electron chi connectivity index (χ2n) is 5.92. The summed E-state index contributed by atoms with van der Waals surface area (Å²) in [4.78, 5) is 23.7. The van der Waals surface area contributed by atoms with Crippen molar-refractivity contribution in [3.63, 3.8) is 0 Å². The van der Waals surface area contributed by atoms with E-state index in [4.69, 9.17) is 5.73 Å². The third kappa shape index (κ3) is 3.83. The number of aromatic nitrogens is 2. The van der Waals surface area contributed by atoms with E-state index >= 15 is 0 Å². The first-order valence-corrected chi connectivity index (χ1v) is 7.56. The first-order valence-electron chi connectivity index (χ1n) is 7.56. The molecule has 1 heterocycles. The minimum absolute atomic E-state index is 0.169. The number of nitrogens with zero attached hydrogens (tertiary/aromatic N) is 2. The van der Waals surface area contributed by atoms with E-state index in [1.807, 2.05) is 6.92 Å². The molecule has 0 spiro atoms. The van der Waals surface area contributed by atoms with Gasteiger partial charge in [-0.2, -0.15) is 5.10 Å². The molecule has 0 aliphatic heterocycles. The van der Waals surface area contributed by atoms with Gasteiger partial charge in [0.25, 0.3) is 5.91 Å². The number of aryl methyl sites for hydroxylation is 1. The van der Waals surface area contributed by atoms with Crippen molar-refractivity contribution in [1.29, 1.82) is 0 Å². The molecule has 2 rings (SSSR count). The second kappa shape index (κ2) is 6.74. The monoisotopic (exact) mass is 292 g/mol. The summed E-state index contributed by atoms with van der Waals surface area (Å²) in [6, 6.07) is -0.171. The lowest BCUT2D eigenvalue weighted by atomic mass is 9.82. The summed E-state index contributed by atoms with van der Waals surface area (Å²) in [7, 11) is 1.80. The van der Waals surface area contributed by atoms with Crippen LogP contribution in [-0.4, -0.2) is 27.6 Å². The Labute approximate surface area is 125 Å². The van der Waals surface area contributed by atoms with Gasteiger partial charge < -0.3 is 11.1 Å². The Balaban J connectivity index is 2.08. The molecule has 0 radical (unpaired) electrons. The smallest absolute Gasteiger partial charge is 0.254 e. The highest BCUT2D eigenvalue weighted by Crippen LogP contribution is 2.28. The third-order valence-electron chi connectivity index (χ3n) is 4.44. The van der Waals surface area contributed by atoms with E-state index in [0.717, 1.165) is 31.4 Å². The molecule has 2 amide bonds. The number of hydrogen-bond donors (Lipinski definition) is 2. The Morgan fingerprint density at radius 1 is 1.43 bits per heavy atom. The van der Waals surface area contributed by atoms with Gasteiger partial charge in [-0.1, -0.05) is 19.3 Å². The molecule has 1 aliphatic rings. The van der Waals surface area contributed by atoms with Gasteiger partial charge in [0.05, 0.1) is 11.8 Å². The Kier molecular flexibility index (Phi) is 4.98. The summed E-state index contributed by atoms with van der Waals surface area (Å²) in [5.74, 6) is -0.196. The van der Waals surface area contributed by atoms with Gasteiger partial charge in [-0.25, -0.2) is 0 Å². The van der Waals surface area contributed by atoms with Crippen LogP contribution in [0.25, 0.3) is 0 Å². The van der Waals surface area contributed by atoms with Crippen molar-refractivity contribution >= 4 is 11.8 Å². The average molecular weight is 292 g/mol. The van der Waals surface area contributed by atoms with Crippen LogP contribution in [0.2, 0.25) is 0 Å². The summed E-state index contributed by atoms with van der Waals surface area (Å²) in [5.41, 5.74) is 6.71. The molecule has 0 saturated heterocycles. The maximum absolute atomic E-state index is 12.4. The fourth-order valence-corrected chi connectivity index (χ4v) is 3.06. The summed E-state index contributed by atoms with van der Waals surface area (Å²) in [6.07, 6.45) is 7.40. The van der Waals surface area contributed by atoms with Crippen LogP contribution in [-0.2, 0) is 11.8 Å². The second-order valence-corrected chi connectivity index (χ2v) is 5.92. The van der Waals surface area contributed by atoms with Crippen molar-refractivity contribution < 1.29 is 9.59 Å². The zero-order valence-corrected chi connectivity index (χ0v) is 12.8. The van der Waals surface area contributed by atoms with Gasteiger partial charge in [-0.05, 0) is 25.7 Å². The molecule has 6 heteroatoms. The number of rotatable bonds is 5. The Bertz CT molecular complexity index is 518. The number of amides is 2. The molecule has 1 saturated carbocycles. The Hall–Kier alpha value is -1.85. The molecular weight excluding hydrogens is 268 g/mol. The summed E-state index contributed by atoms with van der Waals surface area (Å²) in [5, 5.41) is 7.08. The van der Waals surface area contributed by atoms with Crippen LogP contribution < -0.4 is 11.1 Å². The lowest BCUT2D eigenvalue weighted by molar-refractivity contribution is -0.118. The third-order valence-corrected chi connectivity index (χ3v) is 4.44. The number of primary amides is 1. The highest BCUT2D eigenvalue weighted by molar-refractivity contribution is 5.95. The van der Waals surface area contributed by atoms with Gasteiger partial charge in [0.2, 0.25) is 5.91 Å². The number of carbonyl (C=O) groups is 2. The Morgan fingerprint density at radius 3 is 2.62 bits per heavy atom. The minimum Gasteiger partial charge on any atom is -0.370 e. The molecule has 1 aromatic heterocycles. The topological polar surface area (TPSA) is 90.0 Å². The number of carbonyl (C=O) groups excluding carboxylic acids is 2. The van der Waals surface area contributed by atoms with Crippen LogP contribution in [0.1, 0.15) is 54.6 Å². The number of nitrogens with one attached hydrogen (secondary N) is 1. The van der Waals surface area contributed by atoms with Gasteiger partial charge in [-0.15, -0.1) is 0 Å². The van der Waals surface area contributed by atoms with Crippen molar-refractivity contribution in [2.75, 3.05) is 0 Å².